The van der Waals surface area contributed by atoms with Gasteiger partial charge in [-0.2, -0.15) is 0 Å². The fraction of sp³-hybridized carbons (Fsp3) is 0.163. The van der Waals surface area contributed by atoms with Gasteiger partial charge in [0, 0.05) is 17.3 Å². The standard InChI is InChI=1S/C43H38N2O/c1-28(2)29-20-22-30(23-21-29)32-14-11-15-33(24-32)38-25-35(43(3,4)5)26-40-41(38)45-42(46-40)37-18-8-9-19-39(37)44-27-34-16-10-13-31-12-6-7-17-36(31)34/h6-28H,1-5H3. The first-order chi connectivity index (χ1) is 22.2. The van der Waals surface area contributed by atoms with E-state index in [0.29, 0.717) is 11.8 Å². The molecular weight excluding hydrogens is 560 g/mol. The van der Waals surface area contributed by atoms with E-state index in [0.717, 1.165) is 39.0 Å². The highest BCUT2D eigenvalue weighted by Gasteiger charge is 2.21. The number of aliphatic imine (C=N–C) groups is 1. The summed E-state index contributed by atoms with van der Waals surface area (Å²) in [7, 11) is 0. The topological polar surface area (TPSA) is 38.4 Å². The molecule has 0 unspecified atom stereocenters. The molecule has 1 heterocycles. The Balaban J connectivity index is 1.33. The van der Waals surface area contributed by atoms with Crippen molar-refractivity contribution >= 4 is 33.8 Å². The van der Waals surface area contributed by atoms with Gasteiger partial charge in [-0.05, 0) is 80.3 Å². The van der Waals surface area contributed by atoms with Crippen LogP contribution in [0.3, 0.4) is 0 Å². The maximum absolute atomic E-state index is 6.58. The van der Waals surface area contributed by atoms with Crippen molar-refractivity contribution in [1.82, 2.24) is 4.98 Å². The second-order valence-electron chi connectivity index (χ2n) is 13.3. The zero-order valence-corrected chi connectivity index (χ0v) is 27.1. The predicted octanol–water partition coefficient (Wildman–Crippen LogP) is 12.2. The first kappa shape index (κ1) is 29.4. The fourth-order valence-electron chi connectivity index (χ4n) is 5.99. The average molecular weight is 599 g/mol. The minimum absolute atomic E-state index is 0.0686. The number of benzene rings is 6. The van der Waals surface area contributed by atoms with Crippen LogP contribution in [0, 0.1) is 0 Å². The molecule has 0 bridgehead atoms. The normalized spacial score (nSPS) is 12.1. The van der Waals surface area contributed by atoms with E-state index in [1.807, 2.05) is 30.5 Å². The van der Waals surface area contributed by atoms with Crippen LogP contribution in [0.15, 0.2) is 137 Å². The highest BCUT2D eigenvalue weighted by Crippen LogP contribution is 2.39. The molecular formula is C43H38N2O. The Morgan fingerprint density at radius 1 is 0.674 bits per heavy atom. The van der Waals surface area contributed by atoms with Crippen LogP contribution in [0.5, 0.6) is 0 Å². The van der Waals surface area contributed by atoms with Gasteiger partial charge in [0.1, 0.15) is 5.52 Å². The van der Waals surface area contributed by atoms with E-state index in [2.05, 4.69) is 138 Å². The average Bonchev–Trinajstić information content (AvgIpc) is 3.51. The second kappa shape index (κ2) is 11.9. The zero-order valence-electron chi connectivity index (χ0n) is 27.1. The first-order valence-electron chi connectivity index (χ1n) is 16.0. The minimum atomic E-state index is -0.0686. The molecule has 7 aromatic rings. The Hall–Kier alpha value is -5.28. The van der Waals surface area contributed by atoms with E-state index in [-0.39, 0.29) is 5.41 Å². The SMILES string of the molecule is CC(C)c1ccc(-c2cccc(-c3cc(C(C)(C)C)cc4oc(-c5ccccc5N=Cc5cccc6ccccc56)nc34)c2)cc1. The first-order valence-corrected chi connectivity index (χ1v) is 16.0. The summed E-state index contributed by atoms with van der Waals surface area (Å²) >= 11 is 0. The molecule has 3 heteroatoms. The van der Waals surface area contributed by atoms with Crippen LogP contribution in [0.4, 0.5) is 5.69 Å². The quantitative estimate of drug-likeness (QED) is 0.179. The maximum Gasteiger partial charge on any atom is 0.229 e. The monoisotopic (exact) mass is 598 g/mol. The van der Waals surface area contributed by atoms with Crippen LogP contribution in [0.25, 0.3) is 55.6 Å². The van der Waals surface area contributed by atoms with E-state index >= 15 is 0 Å². The molecule has 3 nitrogen and oxygen atoms in total. The molecule has 6 aromatic carbocycles. The minimum Gasteiger partial charge on any atom is -0.436 e. The van der Waals surface area contributed by atoms with Crippen molar-refractivity contribution in [2.24, 2.45) is 4.99 Å². The number of para-hydroxylation sites is 1. The van der Waals surface area contributed by atoms with Gasteiger partial charge in [-0.3, -0.25) is 4.99 Å². The van der Waals surface area contributed by atoms with Crippen molar-refractivity contribution in [2.45, 2.75) is 46.0 Å². The van der Waals surface area contributed by atoms with Crippen LogP contribution >= 0.6 is 0 Å². The van der Waals surface area contributed by atoms with Crippen LogP contribution < -0.4 is 0 Å². The highest BCUT2D eigenvalue weighted by atomic mass is 16.3. The summed E-state index contributed by atoms with van der Waals surface area (Å²) in [5.74, 6) is 1.07. The van der Waals surface area contributed by atoms with Crippen LogP contribution in [0.2, 0.25) is 0 Å². The molecule has 0 N–H and O–H groups in total. The van der Waals surface area contributed by atoms with Crippen molar-refractivity contribution in [1.29, 1.82) is 0 Å². The van der Waals surface area contributed by atoms with Gasteiger partial charge in [-0.1, -0.05) is 132 Å². The predicted molar refractivity (Wildman–Crippen MR) is 194 cm³/mol. The van der Waals surface area contributed by atoms with Gasteiger partial charge in [0.2, 0.25) is 5.89 Å². The summed E-state index contributed by atoms with van der Waals surface area (Å²) < 4.78 is 6.58. The molecule has 0 atom stereocenters. The highest BCUT2D eigenvalue weighted by molar-refractivity contribution is 6.01. The summed E-state index contributed by atoms with van der Waals surface area (Å²) in [6.07, 6.45) is 1.94. The number of oxazole rings is 1. The van der Waals surface area contributed by atoms with Gasteiger partial charge in [-0.15, -0.1) is 0 Å². The van der Waals surface area contributed by atoms with Crippen LogP contribution in [-0.2, 0) is 5.41 Å². The van der Waals surface area contributed by atoms with E-state index < -0.39 is 0 Å². The molecule has 46 heavy (non-hydrogen) atoms. The van der Waals surface area contributed by atoms with E-state index in [1.165, 1.54) is 33.0 Å². The lowest BCUT2D eigenvalue weighted by Crippen LogP contribution is -2.11. The molecule has 0 fully saturated rings. The molecule has 0 radical (unpaired) electrons. The second-order valence-corrected chi connectivity index (χ2v) is 13.3. The molecule has 7 rings (SSSR count). The Morgan fingerprint density at radius 3 is 2.20 bits per heavy atom. The van der Waals surface area contributed by atoms with Crippen LogP contribution in [-0.4, -0.2) is 11.2 Å². The third-order valence-corrected chi connectivity index (χ3v) is 8.75. The van der Waals surface area contributed by atoms with Crippen molar-refractivity contribution in [3.8, 4) is 33.7 Å². The van der Waals surface area contributed by atoms with Gasteiger partial charge in [0.05, 0.1) is 11.3 Å². The Bertz CT molecular complexity index is 2210. The number of fused-ring (bicyclic) bond motifs is 2. The molecule has 0 aliphatic heterocycles. The van der Waals surface area contributed by atoms with Gasteiger partial charge in [-0.25, -0.2) is 4.98 Å². The largest absolute Gasteiger partial charge is 0.436 e. The molecule has 1 aromatic heterocycles. The summed E-state index contributed by atoms with van der Waals surface area (Å²) in [6.45, 7) is 11.2. The number of hydrogen-bond donors (Lipinski definition) is 0. The van der Waals surface area contributed by atoms with Gasteiger partial charge < -0.3 is 4.42 Å². The number of rotatable bonds is 6. The van der Waals surface area contributed by atoms with Crippen molar-refractivity contribution in [3.05, 3.63) is 144 Å². The lowest BCUT2D eigenvalue weighted by Gasteiger charge is -2.20. The molecule has 226 valence electrons. The molecule has 0 saturated carbocycles. The lowest BCUT2D eigenvalue weighted by atomic mass is 9.84. The van der Waals surface area contributed by atoms with E-state index in [4.69, 9.17) is 14.4 Å². The number of nitrogens with zero attached hydrogens (tertiary/aromatic N) is 2. The van der Waals surface area contributed by atoms with Crippen molar-refractivity contribution in [3.63, 3.8) is 0 Å². The van der Waals surface area contributed by atoms with E-state index in [9.17, 15) is 0 Å². The van der Waals surface area contributed by atoms with Crippen molar-refractivity contribution in [2.75, 3.05) is 0 Å². The Kier molecular flexibility index (Phi) is 7.62. The summed E-state index contributed by atoms with van der Waals surface area (Å²) in [5.41, 5.74) is 11.4. The third kappa shape index (κ3) is 5.77. The molecule has 0 saturated heterocycles. The molecule has 0 spiro atoms. The smallest absolute Gasteiger partial charge is 0.229 e. The summed E-state index contributed by atoms with van der Waals surface area (Å²) in [4.78, 5) is 10.1. The molecule has 0 aliphatic rings. The van der Waals surface area contributed by atoms with Gasteiger partial charge in [0.15, 0.2) is 5.58 Å². The van der Waals surface area contributed by atoms with Crippen molar-refractivity contribution < 1.29 is 4.42 Å². The fourth-order valence-corrected chi connectivity index (χ4v) is 5.99. The number of hydrogen-bond acceptors (Lipinski definition) is 3. The van der Waals surface area contributed by atoms with Gasteiger partial charge >= 0.3 is 0 Å². The van der Waals surface area contributed by atoms with Gasteiger partial charge in [0.25, 0.3) is 0 Å². The third-order valence-electron chi connectivity index (χ3n) is 8.75. The Labute approximate surface area is 271 Å². The Morgan fingerprint density at radius 2 is 1.39 bits per heavy atom. The maximum atomic E-state index is 6.58. The lowest BCUT2D eigenvalue weighted by molar-refractivity contribution is 0.584. The molecule has 0 aliphatic carbocycles. The van der Waals surface area contributed by atoms with Crippen LogP contribution in [0.1, 0.15) is 57.2 Å². The summed E-state index contributed by atoms with van der Waals surface area (Å²) in [6, 6.07) is 44.8. The zero-order chi connectivity index (χ0) is 31.8. The number of aromatic nitrogens is 1. The van der Waals surface area contributed by atoms with E-state index in [1.54, 1.807) is 0 Å². The summed E-state index contributed by atoms with van der Waals surface area (Å²) in [5, 5.41) is 2.36. The molecule has 0 amide bonds.